The number of anilines is 1. The van der Waals surface area contributed by atoms with Crippen LogP contribution in [-0.2, 0) is 0 Å². The van der Waals surface area contributed by atoms with Crippen LogP contribution in [0.1, 0.15) is 33.1 Å². The van der Waals surface area contributed by atoms with Gasteiger partial charge < -0.3 is 15.8 Å². The summed E-state index contributed by atoms with van der Waals surface area (Å²) in [6, 6.07) is 7.78. The van der Waals surface area contributed by atoms with Crippen molar-refractivity contribution in [1.29, 1.82) is 0 Å². The molecule has 1 fully saturated rings. The Morgan fingerprint density at radius 3 is 2.76 bits per heavy atom. The molecule has 0 amide bonds. The molecule has 0 radical (unpaired) electrons. The summed E-state index contributed by atoms with van der Waals surface area (Å²) >= 11 is 2.01. The highest BCUT2D eigenvalue weighted by Gasteiger charge is 2.13. The second kappa shape index (κ2) is 8.17. The molecular formula is C16H25N3OS. The Labute approximate surface area is 131 Å². The summed E-state index contributed by atoms with van der Waals surface area (Å²) in [5, 5.41) is 3.75. The fourth-order valence-corrected chi connectivity index (χ4v) is 3.45. The Morgan fingerprint density at radius 2 is 2.14 bits per heavy atom. The number of nitrogens with one attached hydrogen (secondary N) is 1. The van der Waals surface area contributed by atoms with Crippen LogP contribution in [0.4, 0.5) is 5.69 Å². The number of nitrogens with two attached hydrogens (primary N) is 1. The van der Waals surface area contributed by atoms with Crippen molar-refractivity contribution < 1.29 is 4.74 Å². The maximum atomic E-state index is 5.94. The average molecular weight is 307 g/mol. The smallest absolute Gasteiger partial charge is 0.193 e. The van der Waals surface area contributed by atoms with Crippen molar-refractivity contribution >= 4 is 23.4 Å². The fourth-order valence-electron chi connectivity index (χ4n) is 2.23. The molecule has 3 N–H and O–H groups in total. The molecule has 4 nitrogen and oxygen atoms in total. The zero-order valence-electron chi connectivity index (χ0n) is 12.8. The van der Waals surface area contributed by atoms with Gasteiger partial charge in [0.1, 0.15) is 5.75 Å². The van der Waals surface area contributed by atoms with E-state index >= 15 is 0 Å². The lowest BCUT2D eigenvalue weighted by atomic mass is 10.2. The summed E-state index contributed by atoms with van der Waals surface area (Å²) < 4.78 is 5.61. The predicted molar refractivity (Wildman–Crippen MR) is 92.4 cm³/mol. The van der Waals surface area contributed by atoms with Gasteiger partial charge in [-0.05, 0) is 56.7 Å². The van der Waals surface area contributed by atoms with E-state index in [2.05, 4.69) is 10.3 Å². The molecule has 1 unspecified atom stereocenters. The first-order valence-corrected chi connectivity index (χ1v) is 8.63. The summed E-state index contributed by atoms with van der Waals surface area (Å²) in [6.45, 7) is 4.83. The van der Waals surface area contributed by atoms with Crippen molar-refractivity contribution in [2.24, 2.45) is 10.7 Å². The zero-order valence-corrected chi connectivity index (χ0v) is 13.7. The van der Waals surface area contributed by atoms with Crippen molar-refractivity contribution in [3.05, 3.63) is 24.3 Å². The van der Waals surface area contributed by atoms with Gasteiger partial charge in [-0.2, -0.15) is 11.8 Å². The third-order valence-corrected chi connectivity index (χ3v) is 4.62. The third kappa shape index (κ3) is 5.87. The molecule has 0 saturated carbocycles. The molecule has 0 aromatic heterocycles. The number of hydrogen-bond donors (Lipinski definition) is 2. The number of ether oxygens (including phenoxy) is 1. The Hall–Kier alpha value is -1.36. The van der Waals surface area contributed by atoms with E-state index in [0.29, 0.717) is 11.2 Å². The van der Waals surface area contributed by atoms with Crippen LogP contribution in [0.2, 0.25) is 0 Å². The standard InChI is InChI=1S/C16H25N3OS/c1-12(2)20-14-8-6-13(7-9-14)19-16(17)18-11-15-5-3-4-10-21-15/h6-9,12,15H,3-5,10-11H2,1-2H3,(H3,17,18,19). The minimum atomic E-state index is 0.184. The molecule has 21 heavy (non-hydrogen) atoms. The van der Waals surface area contributed by atoms with Crippen LogP contribution in [0.3, 0.4) is 0 Å². The van der Waals surface area contributed by atoms with E-state index in [9.17, 15) is 0 Å². The monoisotopic (exact) mass is 307 g/mol. The minimum Gasteiger partial charge on any atom is -0.491 e. The van der Waals surface area contributed by atoms with Gasteiger partial charge in [-0.1, -0.05) is 6.42 Å². The lowest BCUT2D eigenvalue weighted by Crippen LogP contribution is -2.24. The molecule has 1 aliphatic heterocycles. The van der Waals surface area contributed by atoms with Crippen molar-refractivity contribution in [3.63, 3.8) is 0 Å². The SMILES string of the molecule is CC(C)Oc1ccc(NC(N)=NCC2CCCCS2)cc1. The van der Waals surface area contributed by atoms with Crippen LogP contribution < -0.4 is 15.8 Å². The Bertz CT molecular complexity index is 453. The highest BCUT2D eigenvalue weighted by atomic mass is 32.2. The summed E-state index contributed by atoms with van der Waals surface area (Å²) in [7, 11) is 0. The van der Waals surface area contributed by atoms with Crippen molar-refractivity contribution in [2.45, 2.75) is 44.5 Å². The summed E-state index contributed by atoms with van der Waals surface area (Å²) in [6.07, 6.45) is 4.09. The largest absolute Gasteiger partial charge is 0.491 e. The van der Waals surface area contributed by atoms with Crippen molar-refractivity contribution in [1.82, 2.24) is 0 Å². The maximum Gasteiger partial charge on any atom is 0.193 e. The number of nitrogens with zero attached hydrogens (tertiary/aromatic N) is 1. The molecule has 0 bridgehead atoms. The molecule has 1 aromatic rings. The first-order valence-electron chi connectivity index (χ1n) is 7.59. The van der Waals surface area contributed by atoms with Crippen LogP contribution >= 0.6 is 11.8 Å². The van der Waals surface area contributed by atoms with E-state index in [1.807, 2.05) is 49.9 Å². The van der Waals surface area contributed by atoms with Gasteiger partial charge in [0.2, 0.25) is 0 Å². The summed E-state index contributed by atoms with van der Waals surface area (Å²) in [5.74, 6) is 2.61. The van der Waals surface area contributed by atoms with Gasteiger partial charge >= 0.3 is 0 Å². The average Bonchev–Trinajstić information content (AvgIpc) is 2.48. The van der Waals surface area contributed by atoms with Gasteiger partial charge in [0.15, 0.2) is 5.96 Å². The second-order valence-electron chi connectivity index (χ2n) is 5.53. The van der Waals surface area contributed by atoms with Gasteiger partial charge in [-0.25, -0.2) is 0 Å². The number of guanidine groups is 1. The molecule has 1 saturated heterocycles. The molecule has 0 spiro atoms. The fraction of sp³-hybridized carbons (Fsp3) is 0.562. The van der Waals surface area contributed by atoms with E-state index in [0.717, 1.165) is 18.0 Å². The van der Waals surface area contributed by atoms with Gasteiger partial charge in [-0.15, -0.1) is 0 Å². The minimum absolute atomic E-state index is 0.184. The van der Waals surface area contributed by atoms with Crippen molar-refractivity contribution in [3.8, 4) is 5.75 Å². The van der Waals surface area contributed by atoms with E-state index < -0.39 is 0 Å². The molecule has 1 aromatic carbocycles. The maximum absolute atomic E-state index is 5.94. The number of aliphatic imine (C=N–C) groups is 1. The number of thioether (sulfide) groups is 1. The summed E-state index contributed by atoms with van der Waals surface area (Å²) in [4.78, 5) is 4.45. The molecule has 1 aliphatic rings. The molecular weight excluding hydrogens is 282 g/mol. The molecule has 2 rings (SSSR count). The van der Waals surface area contributed by atoms with Crippen LogP contribution in [0, 0.1) is 0 Å². The quantitative estimate of drug-likeness (QED) is 0.646. The zero-order chi connectivity index (χ0) is 15.1. The summed E-state index contributed by atoms with van der Waals surface area (Å²) in [5.41, 5.74) is 6.87. The Kier molecular flexibility index (Phi) is 6.23. The van der Waals surface area contributed by atoms with Crippen LogP contribution in [-0.4, -0.2) is 29.6 Å². The van der Waals surface area contributed by atoms with E-state index in [4.69, 9.17) is 10.5 Å². The molecule has 5 heteroatoms. The molecule has 1 atom stereocenters. The lowest BCUT2D eigenvalue weighted by molar-refractivity contribution is 0.242. The van der Waals surface area contributed by atoms with E-state index in [-0.39, 0.29) is 6.10 Å². The number of benzene rings is 1. The topological polar surface area (TPSA) is 59.6 Å². The first kappa shape index (κ1) is 16.0. The van der Waals surface area contributed by atoms with Crippen LogP contribution in [0.5, 0.6) is 5.75 Å². The highest BCUT2D eigenvalue weighted by Crippen LogP contribution is 2.25. The number of rotatable bonds is 5. The van der Waals surface area contributed by atoms with Crippen molar-refractivity contribution in [2.75, 3.05) is 17.6 Å². The van der Waals surface area contributed by atoms with Crippen LogP contribution in [0.15, 0.2) is 29.3 Å². The van der Waals surface area contributed by atoms with Gasteiger partial charge in [0.05, 0.1) is 12.6 Å². The lowest BCUT2D eigenvalue weighted by Gasteiger charge is -2.19. The predicted octanol–water partition coefficient (Wildman–Crippen LogP) is 3.49. The van der Waals surface area contributed by atoms with Gasteiger partial charge in [0, 0.05) is 10.9 Å². The Balaban J connectivity index is 1.82. The normalized spacial score (nSPS) is 19.6. The van der Waals surface area contributed by atoms with Gasteiger partial charge in [-0.3, -0.25) is 4.99 Å². The second-order valence-corrected chi connectivity index (χ2v) is 6.94. The molecule has 116 valence electrons. The number of hydrogen-bond acceptors (Lipinski definition) is 3. The first-order chi connectivity index (χ1) is 10.1. The molecule has 0 aliphatic carbocycles. The molecule has 1 heterocycles. The van der Waals surface area contributed by atoms with Crippen LogP contribution in [0.25, 0.3) is 0 Å². The highest BCUT2D eigenvalue weighted by molar-refractivity contribution is 7.99. The van der Waals surface area contributed by atoms with E-state index in [1.165, 1.54) is 25.0 Å². The van der Waals surface area contributed by atoms with E-state index in [1.54, 1.807) is 0 Å². The third-order valence-electron chi connectivity index (χ3n) is 3.24. The van der Waals surface area contributed by atoms with Gasteiger partial charge in [0.25, 0.3) is 0 Å². The Morgan fingerprint density at radius 1 is 1.38 bits per heavy atom.